The van der Waals surface area contributed by atoms with Crippen LogP contribution in [0.1, 0.15) is 39.5 Å². The average molecular weight is 252 g/mol. The minimum Gasteiger partial charge on any atom is -0.381 e. The second-order valence-corrected chi connectivity index (χ2v) is 7.10. The number of likely N-dealkylation sites (tertiary alicyclic amines) is 1. The van der Waals surface area contributed by atoms with Crippen molar-refractivity contribution in [1.29, 1.82) is 0 Å². The lowest BCUT2D eigenvalue weighted by atomic mass is 9.85. The van der Waals surface area contributed by atoms with Crippen LogP contribution in [-0.2, 0) is 4.74 Å². The highest BCUT2D eigenvalue weighted by Gasteiger charge is 2.43. The summed E-state index contributed by atoms with van der Waals surface area (Å²) in [6.45, 7) is 10.1. The summed E-state index contributed by atoms with van der Waals surface area (Å²) in [6, 6.07) is 1.48. The summed E-state index contributed by atoms with van der Waals surface area (Å²) in [5.41, 5.74) is 0.384. The summed E-state index contributed by atoms with van der Waals surface area (Å²) >= 11 is 0. The van der Waals surface area contributed by atoms with Crippen molar-refractivity contribution in [3.05, 3.63) is 0 Å². The minimum absolute atomic E-state index is 0.384. The molecule has 1 saturated carbocycles. The Labute approximate surface area is 111 Å². The molecule has 1 N–H and O–H groups in total. The summed E-state index contributed by atoms with van der Waals surface area (Å²) < 4.78 is 5.72. The molecule has 3 nitrogen and oxygen atoms in total. The first-order valence-electron chi connectivity index (χ1n) is 7.72. The number of nitrogens with zero attached hydrogens (tertiary/aromatic N) is 1. The lowest BCUT2D eigenvalue weighted by molar-refractivity contribution is 0.0906. The van der Waals surface area contributed by atoms with Gasteiger partial charge in [0.1, 0.15) is 0 Å². The average Bonchev–Trinajstić information content (AvgIpc) is 3.03. The molecule has 104 valence electrons. The van der Waals surface area contributed by atoms with Crippen LogP contribution in [0.2, 0.25) is 0 Å². The van der Waals surface area contributed by atoms with E-state index in [2.05, 4.69) is 24.1 Å². The van der Waals surface area contributed by atoms with Gasteiger partial charge in [0.05, 0.1) is 6.61 Å². The van der Waals surface area contributed by atoms with E-state index in [0.29, 0.717) is 11.5 Å². The molecule has 1 aliphatic carbocycles. The van der Waals surface area contributed by atoms with Gasteiger partial charge >= 0.3 is 0 Å². The van der Waals surface area contributed by atoms with Crippen molar-refractivity contribution in [2.45, 2.75) is 51.6 Å². The summed E-state index contributed by atoms with van der Waals surface area (Å²) in [6.07, 6.45) is 5.63. The second-order valence-electron chi connectivity index (χ2n) is 7.10. The maximum Gasteiger partial charge on any atom is 0.0547 e. The Balaban J connectivity index is 1.59. The fourth-order valence-corrected chi connectivity index (χ4v) is 4.04. The first kappa shape index (κ1) is 12.9. The first-order chi connectivity index (χ1) is 8.67. The van der Waals surface area contributed by atoms with Crippen LogP contribution >= 0.6 is 0 Å². The van der Waals surface area contributed by atoms with E-state index in [4.69, 9.17) is 4.74 Å². The van der Waals surface area contributed by atoms with Crippen molar-refractivity contribution >= 4 is 0 Å². The Bertz CT molecular complexity index is 286. The zero-order valence-corrected chi connectivity index (χ0v) is 12.0. The molecule has 0 amide bonds. The Hall–Kier alpha value is -0.120. The van der Waals surface area contributed by atoms with Gasteiger partial charge in [-0.25, -0.2) is 0 Å². The lowest BCUT2D eigenvalue weighted by Gasteiger charge is -2.37. The largest absolute Gasteiger partial charge is 0.381 e. The SMILES string of the molecule is CC(C)NCC1(CN2CC3CCC2C3)CCOC1. The Kier molecular flexibility index (Phi) is 3.65. The maximum atomic E-state index is 5.72. The highest BCUT2D eigenvalue weighted by molar-refractivity contribution is 4.97. The van der Waals surface area contributed by atoms with Crippen LogP contribution in [0.4, 0.5) is 0 Å². The highest BCUT2D eigenvalue weighted by atomic mass is 16.5. The summed E-state index contributed by atoms with van der Waals surface area (Å²) in [5.74, 6) is 1.01. The third kappa shape index (κ3) is 2.59. The fraction of sp³-hybridized carbons (Fsp3) is 1.00. The zero-order chi connectivity index (χ0) is 12.6. The second kappa shape index (κ2) is 5.10. The first-order valence-corrected chi connectivity index (χ1v) is 7.72. The number of piperidine rings is 1. The predicted molar refractivity (Wildman–Crippen MR) is 73.7 cm³/mol. The number of hydrogen-bond donors (Lipinski definition) is 1. The molecule has 3 unspecified atom stereocenters. The molecule has 2 aliphatic heterocycles. The van der Waals surface area contributed by atoms with Gasteiger partial charge in [-0.1, -0.05) is 13.8 Å². The van der Waals surface area contributed by atoms with E-state index in [0.717, 1.165) is 31.7 Å². The molecule has 0 aromatic heterocycles. The Morgan fingerprint density at radius 3 is 2.83 bits per heavy atom. The van der Waals surface area contributed by atoms with E-state index >= 15 is 0 Å². The molecule has 3 atom stereocenters. The smallest absolute Gasteiger partial charge is 0.0547 e. The van der Waals surface area contributed by atoms with Gasteiger partial charge < -0.3 is 10.1 Å². The Morgan fingerprint density at radius 2 is 2.28 bits per heavy atom. The molecule has 0 aromatic carbocycles. The summed E-state index contributed by atoms with van der Waals surface area (Å²) in [4.78, 5) is 2.77. The van der Waals surface area contributed by atoms with E-state index in [1.54, 1.807) is 0 Å². The summed E-state index contributed by atoms with van der Waals surface area (Å²) in [5, 5.41) is 3.64. The molecular formula is C15H28N2O. The molecule has 3 aliphatic rings. The number of nitrogens with one attached hydrogen (secondary N) is 1. The molecule has 2 bridgehead atoms. The molecule has 0 radical (unpaired) electrons. The Morgan fingerprint density at radius 1 is 1.39 bits per heavy atom. The van der Waals surface area contributed by atoms with Gasteiger partial charge in [0, 0.05) is 43.7 Å². The standard InChI is InChI=1S/C15H28N2O/c1-12(2)16-9-15(5-6-18-11-15)10-17-8-13-3-4-14(17)7-13/h12-14,16H,3-11H2,1-2H3. The van der Waals surface area contributed by atoms with Gasteiger partial charge in [-0.3, -0.25) is 4.90 Å². The fourth-order valence-electron chi connectivity index (χ4n) is 4.04. The third-order valence-electron chi connectivity index (χ3n) is 5.13. The van der Waals surface area contributed by atoms with Gasteiger partial charge in [-0.05, 0) is 31.6 Å². The molecule has 0 aromatic rings. The van der Waals surface area contributed by atoms with Crippen LogP contribution in [0.25, 0.3) is 0 Å². The zero-order valence-electron chi connectivity index (χ0n) is 12.0. The van der Waals surface area contributed by atoms with Gasteiger partial charge in [0.25, 0.3) is 0 Å². The molecule has 2 heterocycles. The predicted octanol–water partition coefficient (Wildman–Crippen LogP) is 1.88. The van der Waals surface area contributed by atoms with Crippen LogP contribution in [0, 0.1) is 11.3 Å². The topological polar surface area (TPSA) is 24.5 Å². The molecule has 2 saturated heterocycles. The molecule has 18 heavy (non-hydrogen) atoms. The van der Waals surface area contributed by atoms with Crippen LogP contribution < -0.4 is 5.32 Å². The van der Waals surface area contributed by atoms with Gasteiger partial charge in [0.15, 0.2) is 0 Å². The quantitative estimate of drug-likeness (QED) is 0.808. The van der Waals surface area contributed by atoms with E-state index in [1.807, 2.05) is 0 Å². The van der Waals surface area contributed by atoms with Crippen molar-refractivity contribution in [2.24, 2.45) is 11.3 Å². The molecule has 0 spiro atoms. The number of ether oxygens (including phenoxy) is 1. The highest BCUT2D eigenvalue weighted by Crippen LogP contribution is 2.40. The number of fused-ring (bicyclic) bond motifs is 2. The van der Waals surface area contributed by atoms with Crippen LogP contribution in [0.3, 0.4) is 0 Å². The number of rotatable bonds is 5. The normalized spacial score (nSPS) is 40.2. The van der Waals surface area contributed by atoms with Gasteiger partial charge in [-0.2, -0.15) is 0 Å². The third-order valence-corrected chi connectivity index (χ3v) is 5.13. The van der Waals surface area contributed by atoms with Crippen molar-refractivity contribution in [3.63, 3.8) is 0 Å². The van der Waals surface area contributed by atoms with Crippen molar-refractivity contribution in [3.8, 4) is 0 Å². The number of hydrogen-bond acceptors (Lipinski definition) is 3. The summed E-state index contributed by atoms with van der Waals surface area (Å²) in [7, 11) is 0. The lowest BCUT2D eigenvalue weighted by Crippen LogP contribution is -2.48. The van der Waals surface area contributed by atoms with E-state index in [9.17, 15) is 0 Å². The monoisotopic (exact) mass is 252 g/mol. The van der Waals surface area contributed by atoms with Crippen molar-refractivity contribution < 1.29 is 4.74 Å². The molecule has 3 heteroatoms. The maximum absolute atomic E-state index is 5.72. The van der Waals surface area contributed by atoms with Gasteiger partial charge in [0.2, 0.25) is 0 Å². The van der Waals surface area contributed by atoms with E-state index in [1.165, 1.54) is 38.8 Å². The molecular weight excluding hydrogens is 224 g/mol. The van der Waals surface area contributed by atoms with Crippen molar-refractivity contribution in [2.75, 3.05) is 32.8 Å². The van der Waals surface area contributed by atoms with E-state index < -0.39 is 0 Å². The van der Waals surface area contributed by atoms with Crippen LogP contribution in [-0.4, -0.2) is 49.8 Å². The molecule has 3 fully saturated rings. The molecule has 3 rings (SSSR count). The van der Waals surface area contributed by atoms with Gasteiger partial charge in [-0.15, -0.1) is 0 Å². The van der Waals surface area contributed by atoms with Crippen LogP contribution in [0.5, 0.6) is 0 Å². The van der Waals surface area contributed by atoms with Crippen LogP contribution in [0.15, 0.2) is 0 Å². The van der Waals surface area contributed by atoms with Crippen molar-refractivity contribution in [1.82, 2.24) is 10.2 Å². The minimum atomic E-state index is 0.384. The van der Waals surface area contributed by atoms with E-state index in [-0.39, 0.29) is 0 Å².